The number of nitrogens with zero attached hydrogens (tertiary/aromatic N) is 3. The van der Waals surface area contributed by atoms with Gasteiger partial charge >= 0.3 is 0 Å². The maximum Gasteiger partial charge on any atom is 0.289 e. The third-order valence-electron chi connectivity index (χ3n) is 5.63. The quantitative estimate of drug-likeness (QED) is 0.424. The first kappa shape index (κ1) is 21.7. The van der Waals surface area contributed by atoms with Crippen LogP contribution in [0.1, 0.15) is 17.5 Å². The van der Waals surface area contributed by atoms with Gasteiger partial charge in [0, 0.05) is 37.8 Å². The number of amides is 1. The molecule has 0 saturated carbocycles. The summed E-state index contributed by atoms with van der Waals surface area (Å²) in [5.41, 5.74) is 1.36. The van der Waals surface area contributed by atoms with E-state index in [0.717, 1.165) is 20.7 Å². The lowest BCUT2D eigenvalue weighted by atomic mass is 10.2. The van der Waals surface area contributed by atoms with Crippen molar-refractivity contribution in [3.63, 3.8) is 0 Å². The molecule has 0 spiro atoms. The van der Waals surface area contributed by atoms with Crippen LogP contribution in [0, 0.1) is 0 Å². The van der Waals surface area contributed by atoms with Gasteiger partial charge in [0.1, 0.15) is 0 Å². The van der Waals surface area contributed by atoms with Gasteiger partial charge in [-0.1, -0.05) is 23.5 Å². The van der Waals surface area contributed by atoms with Crippen LogP contribution in [0.4, 0.5) is 5.13 Å². The van der Waals surface area contributed by atoms with E-state index < -0.39 is 9.84 Å². The van der Waals surface area contributed by atoms with E-state index in [1.165, 1.54) is 17.6 Å². The standard InChI is InChI=1S/C23H23N3O5S2/c1-3-30-18-6-4-5-15-13-19(31-21(15)18)22(27)25-9-11-26(12-10-25)23-24-17-8-7-16(33(2,28)29)14-20(17)32-23/h4-8,13-14H,3,9-12H2,1-2H3. The molecule has 0 unspecified atom stereocenters. The molecule has 1 fully saturated rings. The summed E-state index contributed by atoms with van der Waals surface area (Å²) in [5.74, 6) is 0.794. The van der Waals surface area contributed by atoms with Crippen LogP contribution < -0.4 is 9.64 Å². The number of ether oxygens (including phenoxy) is 1. The fourth-order valence-corrected chi connectivity index (χ4v) is 5.70. The minimum absolute atomic E-state index is 0.143. The van der Waals surface area contributed by atoms with E-state index in [9.17, 15) is 13.2 Å². The molecule has 2 aromatic heterocycles. The Labute approximate surface area is 195 Å². The number of para-hydroxylation sites is 1. The van der Waals surface area contributed by atoms with Gasteiger partial charge in [-0.2, -0.15) is 0 Å². The number of aromatic nitrogens is 1. The fourth-order valence-electron chi connectivity index (χ4n) is 3.93. The molecule has 1 saturated heterocycles. The molecular formula is C23H23N3O5S2. The first-order valence-electron chi connectivity index (χ1n) is 10.6. The fraction of sp³-hybridized carbons (Fsp3) is 0.304. The molecule has 0 atom stereocenters. The minimum Gasteiger partial charge on any atom is -0.490 e. The van der Waals surface area contributed by atoms with Crippen LogP contribution in [-0.4, -0.2) is 63.3 Å². The second-order valence-corrected chi connectivity index (χ2v) is 10.9. The van der Waals surface area contributed by atoms with E-state index in [-0.39, 0.29) is 5.91 Å². The number of benzene rings is 2. The smallest absolute Gasteiger partial charge is 0.289 e. The third-order valence-corrected chi connectivity index (χ3v) is 7.82. The Hall–Kier alpha value is -3.11. The van der Waals surface area contributed by atoms with E-state index in [2.05, 4.69) is 9.88 Å². The third kappa shape index (κ3) is 4.16. The van der Waals surface area contributed by atoms with Crippen molar-refractivity contribution in [2.45, 2.75) is 11.8 Å². The zero-order valence-corrected chi connectivity index (χ0v) is 19.9. The first-order chi connectivity index (χ1) is 15.8. The zero-order valence-electron chi connectivity index (χ0n) is 18.3. The predicted octanol–water partition coefficient (Wildman–Crippen LogP) is 3.81. The average molecular weight is 486 g/mol. The van der Waals surface area contributed by atoms with Crippen molar-refractivity contribution < 1.29 is 22.4 Å². The second kappa shape index (κ2) is 8.35. The number of anilines is 1. The van der Waals surface area contributed by atoms with E-state index in [1.54, 1.807) is 29.2 Å². The highest BCUT2D eigenvalue weighted by Crippen LogP contribution is 2.32. The zero-order chi connectivity index (χ0) is 23.2. The Bertz CT molecular complexity index is 1450. The summed E-state index contributed by atoms with van der Waals surface area (Å²) in [6.07, 6.45) is 1.20. The van der Waals surface area contributed by atoms with Gasteiger partial charge in [-0.15, -0.1) is 0 Å². The molecule has 1 aliphatic rings. The molecule has 0 bridgehead atoms. The summed E-state index contributed by atoms with van der Waals surface area (Å²) >= 11 is 1.46. The van der Waals surface area contributed by atoms with E-state index >= 15 is 0 Å². The highest BCUT2D eigenvalue weighted by atomic mass is 32.2. The predicted molar refractivity (Wildman–Crippen MR) is 128 cm³/mol. The van der Waals surface area contributed by atoms with Gasteiger partial charge in [-0.3, -0.25) is 4.79 Å². The molecule has 172 valence electrons. The number of piperazine rings is 1. The number of sulfone groups is 1. The molecule has 33 heavy (non-hydrogen) atoms. The van der Waals surface area contributed by atoms with Gasteiger partial charge in [0.05, 0.1) is 21.7 Å². The molecule has 4 aromatic rings. The number of hydrogen-bond acceptors (Lipinski definition) is 8. The van der Waals surface area contributed by atoms with Crippen LogP contribution in [0.25, 0.3) is 21.2 Å². The monoisotopic (exact) mass is 485 g/mol. The van der Waals surface area contributed by atoms with Crippen LogP contribution in [0.15, 0.2) is 51.8 Å². The van der Waals surface area contributed by atoms with Crippen LogP contribution in [0.3, 0.4) is 0 Å². The number of hydrogen-bond donors (Lipinski definition) is 0. The van der Waals surface area contributed by atoms with Crippen LogP contribution in [0.2, 0.25) is 0 Å². The number of carbonyl (C=O) groups excluding carboxylic acids is 1. The van der Waals surface area contributed by atoms with E-state index in [1.807, 2.05) is 25.1 Å². The number of furan rings is 1. The summed E-state index contributed by atoms with van der Waals surface area (Å²) in [7, 11) is -3.26. The van der Waals surface area contributed by atoms with Crippen molar-refractivity contribution in [3.05, 3.63) is 48.2 Å². The van der Waals surface area contributed by atoms with Gasteiger partial charge in [0.2, 0.25) is 0 Å². The van der Waals surface area contributed by atoms with Gasteiger partial charge in [-0.25, -0.2) is 13.4 Å². The molecular weight excluding hydrogens is 462 g/mol. The number of fused-ring (bicyclic) bond motifs is 2. The summed E-state index contributed by atoms with van der Waals surface area (Å²) in [4.78, 5) is 21.9. The topological polar surface area (TPSA) is 93.0 Å². The molecule has 2 aromatic carbocycles. The van der Waals surface area contributed by atoms with Crippen molar-refractivity contribution in [1.82, 2.24) is 9.88 Å². The van der Waals surface area contributed by atoms with Gasteiger partial charge in [-0.05, 0) is 37.3 Å². The van der Waals surface area contributed by atoms with Crippen molar-refractivity contribution in [2.75, 3.05) is 43.9 Å². The summed E-state index contributed by atoms with van der Waals surface area (Å²) < 4.78 is 36.0. The summed E-state index contributed by atoms with van der Waals surface area (Å²) in [6.45, 7) is 4.77. The van der Waals surface area contributed by atoms with Gasteiger partial charge in [0.25, 0.3) is 5.91 Å². The summed E-state index contributed by atoms with van der Waals surface area (Å²) in [6, 6.07) is 12.4. The van der Waals surface area contributed by atoms with E-state index in [0.29, 0.717) is 54.8 Å². The lowest BCUT2D eigenvalue weighted by Gasteiger charge is -2.34. The number of thiazole rings is 1. The minimum atomic E-state index is -3.26. The largest absolute Gasteiger partial charge is 0.490 e. The lowest BCUT2D eigenvalue weighted by molar-refractivity contribution is 0.0717. The molecule has 5 rings (SSSR count). The molecule has 1 aliphatic heterocycles. The Morgan fingerprint density at radius 1 is 1.15 bits per heavy atom. The highest BCUT2D eigenvalue weighted by molar-refractivity contribution is 7.90. The van der Waals surface area contributed by atoms with Gasteiger partial charge in [0.15, 0.2) is 32.1 Å². The first-order valence-corrected chi connectivity index (χ1v) is 13.3. The van der Waals surface area contributed by atoms with Crippen LogP contribution >= 0.6 is 11.3 Å². The Balaban J connectivity index is 1.30. The van der Waals surface area contributed by atoms with Crippen molar-refractivity contribution >= 4 is 53.4 Å². The second-order valence-electron chi connectivity index (χ2n) is 7.90. The van der Waals surface area contributed by atoms with Crippen molar-refractivity contribution in [2.24, 2.45) is 0 Å². The highest BCUT2D eigenvalue weighted by Gasteiger charge is 2.26. The molecule has 1 amide bonds. The Kier molecular flexibility index (Phi) is 5.49. The Morgan fingerprint density at radius 2 is 1.94 bits per heavy atom. The molecule has 3 heterocycles. The van der Waals surface area contributed by atoms with E-state index in [4.69, 9.17) is 9.15 Å². The average Bonchev–Trinajstić information content (AvgIpc) is 3.43. The van der Waals surface area contributed by atoms with Crippen molar-refractivity contribution in [1.29, 1.82) is 0 Å². The molecule has 0 aliphatic carbocycles. The number of carbonyl (C=O) groups is 1. The SMILES string of the molecule is CCOc1cccc2cc(C(=O)N3CCN(c4nc5ccc(S(C)(=O)=O)cc5s4)CC3)oc12. The van der Waals surface area contributed by atoms with Crippen LogP contribution in [-0.2, 0) is 9.84 Å². The summed E-state index contributed by atoms with van der Waals surface area (Å²) in [5, 5.41) is 1.67. The lowest BCUT2D eigenvalue weighted by Crippen LogP contribution is -2.48. The Morgan fingerprint density at radius 3 is 2.67 bits per heavy atom. The molecule has 0 N–H and O–H groups in total. The number of rotatable bonds is 5. The van der Waals surface area contributed by atoms with Crippen molar-refractivity contribution in [3.8, 4) is 5.75 Å². The maximum absolute atomic E-state index is 13.1. The van der Waals surface area contributed by atoms with Gasteiger partial charge < -0.3 is 19.0 Å². The molecule has 10 heteroatoms. The molecule has 0 radical (unpaired) electrons. The molecule has 8 nitrogen and oxygen atoms in total. The van der Waals surface area contributed by atoms with Crippen LogP contribution in [0.5, 0.6) is 5.75 Å². The maximum atomic E-state index is 13.1. The normalized spacial score (nSPS) is 14.8.